The Labute approximate surface area is 119 Å². The summed E-state index contributed by atoms with van der Waals surface area (Å²) in [7, 11) is 4.07. The normalized spacial score (nSPS) is 22.6. The van der Waals surface area contributed by atoms with Crippen molar-refractivity contribution in [2.24, 2.45) is 5.41 Å². The van der Waals surface area contributed by atoms with Crippen molar-refractivity contribution < 1.29 is 14.7 Å². The average molecular weight is 283 g/mol. The molecule has 2 fully saturated rings. The van der Waals surface area contributed by atoms with Crippen molar-refractivity contribution in [1.82, 2.24) is 15.5 Å². The molecule has 0 bridgehead atoms. The summed E-state index contributed by atoms with van der Waals surface area (Å²) >= 11 is 0. The maximum atomic E-state index is 11.8. The number of likely N-dealkylation sites (N-methyl/N-ethyl adjacent to an activating group) is 1. The minimum absolute atomic E-state index is 0.0816. The molecule has 0 aliphatic heterocycles. The lowest BCUT2D eigenvalue weighted by atomic mass is 9.69. The van der Waals surface area contributed by atoms with E-state index in [2.05, 4.69) is 15.5 Å². The smallest absolute Gasteiger partial charge is 0.314 e. The second kappa shape index (κ2) is 5.60. The number of nitrogens with one attached hydrogen (secondary N) is 2. The third kappa shape index (κ3) is 2.75. The Balaban J connectivity index is 1.74. The number of aliphatic carboxylic acids is 1. The zero-order valence-electron chi connectivity index (χ0n) is 12.4. The van der Waals surface area contributed by atoms with E-state index in [1.807, 2.05) is 14.1 Å². The summed E-state index contributed by atoms with van der Waals surface area (Å²) in [6.07, 6.45) is 5.64. The van der Waals surface area contributed by atoms with Crippen LogP contribution in [-0.2, 0) is 4.79 Å². The SMILES string of the molecule is CN(C)C1(CNC(=O)NCC2(C(=O)O)CCC2)CCC1. The zero-order chi connectivity index (χ0) is 14.8. The number of amides is 2. The minimum atomic E-state index is -0.798. The van der Waals surface area contributed by atoms with Gasteiger partial charge in [-0.25, -0.2) is 4.79 Å². The molecule has 6 heteroatoms. The van der Waals surface area contributed by atoms with Crippen LogP contribution in [0.2, 0.25) is 0 Å². The van der Waals surface area contributed by atoms with Crippen LogP contribution in [0.1, 0.15) is 38.5 Å². The van der Waals surface area contributed by atoms with Crippen LogP contribution in [0.15, 0.2) is 0 Å². The fraction of sp³-hybridized carbons (Fsp3) is 0.857. The Morgan fingerprint density at radius 3 is 1.95 bits per heavy atom. The summed E-state index contributed by atoms with van der Waals surface area (Å²) < 4.78 is 0. The van der Waals surface area contributed by atoms with E-state index >= 15 is 0 Å². The first-order valence-electron chi connectivity index (χ1n) is 7.33. The van der Waals surface area contributed by atoms with Crippen molar-refractivity contribution in [3.8, 4) is 0 Å². The van der Waals surface area contributed by atoms with Crippen molar-refractivity contribution >= 4 is 12.0 Å². The molecule has 0 aromatic heterocycles. The summed E-state index contributed by atoms with van der Waals surface area (Å²) in [6.45, 7) is 0.842. The molecule has 0 heterocycles. The number of carboxylic acid groups (broad SMARTS) is 1. The molecule has 20 heavy (non-hydrogen) atoms. The van der Waals surface area contributed by atoms with Gasteiger partial charge in [0, 0.05) is 18.6 Å². The highest BCUT2D eigenvalue weighted by Crippen LogP contribution is 2.40. The van der Waals surface area contributed by atoms with Crippen LogP contribution in [0.3, 0.4) is 0 Å². The van der Waals surface area contributed by atoms with E-state index in [4.69, 9.17) is 0 Å². The molecule has 0 radical (unpaired) electrons. The largest absolute Gasteiger partial charge is 0.481 e. The van der Waals surface area contributed by atoms with E-state index in [0.717, 1.165) is 19.3 Å². The van der Waals surface area contributed by atoms with Gasteiger partial charge < -0.3 is 20.6 Å². The highest BCUT2D eigenvalue weighted by atomic mass is 16.4. The van der Waals surface area contributed by atoms with Crippen LogP contribution in [0, 0.1) is 5.41 Å². The van der Waals surface area contributed by atoms with Crippen molar-refractivity contribution in [3.63, 3.8) is 0 Å². The lowest BCUT2D eigenvalue weighted by Gasteiger charge is -2.47. The highest BCUT2D eigenvalue weighted by Gasteiger charge is 2.44. The molecular weight excluding hydrogens is 258 g/mol. The summed E-state index contributed by atoms with van der Waals surface area (Å²) in [5.74, 6) is -0.798. The van der Waals surface area contributed by atoms with Gasteiger partial charge in [0.1, 0.15) is 0 Å². The Morgan fingerprint density at radius 1 is 1.05 bits per heavy atom. The van der Waals surface area contributed by atoms with Crippen molar-refractivity contribution in [2.45, 2.75) is 44.1 Å². The number of carbonyl (C=O) groups excluding carboxylic acids is 1. The van der Waals surface area contributed by atoms with Gasteiger partial charge in [-0.05, 0) is 46.2 Å². The molecule has 3 N–H and O–H groups in total. The van der Waals surface area contributed by atoms with Gasteiger partial charge in [-0.2, -0.15) is 0 Å². The monoisotopic (exact) mass is 283 g/mol. The third-order valence-corrected chi connectivity index (χ3v) is 5.16. The summed E-state index contributed by atoms with van der Waals surface area (Å²) in [5, 5.41) is 14.8. The van der Waals surface area contributed by atoms with Gasteiger partial charge in [0.25, 0.3) is 0 Å². The van der Waals surface area contributed by atoms with Gasteiger partial charge in [0.05, 0.1) is 5.41 Å². The number of hydrogen-bond donors (Lipinski definition) is 3. The molecule has 0 spiro atoms. The molecule has 0 aromatic rings. The summed E-state index contributed by atoms with van der Waals surface area (Å²) in [5.41, 5.74) is -0.647. The second-order valence-corrected chi connectivity index (χ2v) is 6.45. The van der Waals surface area contributed by atoms with E-state index in [1.54, 1.807) is 0 Å². The molecule has 0 unspecified atom stereocenters. The number of carboxylic acids is 1. The maximum absolute atomic E-state index is 11.8. The molecule has 2 rings (SSSR count). The van der Waals surface area contributed by atoms with Crippen LogP contribution in [0.25, 0.3) is 0 Å². The van der Waals surface area contributed by atoms with Crippen LogP contribution >= 0.6 is 0 Å². The average Bonchev–Trinajstić information content (AvgIpc) is 2.24. The van der Waals surface area contributed by atoms with Gasteiger partial charge in [-0.15, -0.1) is 0 Å². The molecular formula is C14H25N3O3. The topological polar surface area (TPSA) is 81.7 Å². The standard InChI is InChI=1S/C14H25N3O3/c1-17(2)14(7-4-8-14)10-16-12(20)15-9-13(11(18)19)5-3-6-13/h3-10H2,1-2H3,(H,18,19)(H2,15,16,20). The van der Waals surface area contributed by atoms with E-state index in [9.17, 15) is 14.7 Å². The quantitative estimate of drug-likeness (QED) is 0.680. The fourth-order valence-corrected chi connectivity index (χ4v) is 2.99. The molecule has 2 amide bonds. The van der Waals surface area contributed by atoms with Crippen molar-refractivity contribution in [1.29, 1.82) is 0 Å². The molecule has 114 valence electrons. The Kier molecular flexibility index (Phi) is 4.22. The maximum Gasteiger partial charge on any atom is 0.314 e. The van der Waals surface area contributed by atoms with Crippen LogP contribution in [-0.4, -0.2) is 54.7 Å². The highest BCUT2D eigenvalue weighted by molar-refractivity contribution is 5.78. The van der Waals surface area contributed by atoms with Crippen molar-refractivity contribution in [2.75, 3.05) is 27.2 Å². The molecule has 0 aromatic carbocycles. The molecule has 2 aliphatic carbocycles. The third-order valence-electron chi connectivity index (χ3n) is 5.16. The van der Waals surface area contributed by atoms with Gasteiger partial charge >= 0.3 is 12.0 Å². The lowest BCUT2D eigenvalue weighted by molar-refractivity contribution is -0.153. The molecule has 0 saturated heterocycles. The first kappa shape index (κ1) is 15.1. The van der Waals surface area contributed by atoms with E-state index in [0.29, 0.717) is 19.4 Å². The number of nitrogens with zero attached hydrogens (tertiary/aromatic N) is 1. The zero-order valence-corrected chi connectivity index (χ0v) is 12.4. The Hall–Kier alpha value is -1.30. The van der Waals surface area contributed by atoms with Crippen LogP contribution < -0.4 is 10.6 Å². The van der Waals surface area contributed by atoms with Crippen molar-refractivity contribution in [3.05, 3.63) is 0 Å². The minimum Gasteiger partial charge on any atom is -0.481 e. The van der Waals surface area contributed by atoms with E-state index in [-0.39, 0.29) is 18.1 Å². The predicted octanol–water partition coefficient (Wildman–Crippen LogP) is 1.02. The fourth-order valence-electron chi connectivity index (χ4n) is 2.99. The molecule has 2 saturated carbocycles. The van der Waals surface area contributed by atoms with Gasteiger partial charge in [0.2, 0.25) is 0 Å². The first-order chi connectivity index (χ1) is 9.40. The number of rotatable bonds is 6. The van der Waals surface area contributed by atoms with Gasteiger partial charge in [-0.3, -0.25) is 4.79 Å². The number of hydrogen-bond acceptors (Lipinski definition) is 3. The predicted molar refractivity (Wildman–Crippen MR) is 75.6 cm³/mol. The molecule has 0 atom stereocenters. The Morgan fingerprint density at radius 2 is 1.60 bits per heavy atom. The van der Waals surface area contributed by atoms with Crippen LogP contribution in [0.4, 0.5) is 4.79 Å². The van der Waals surface area contributed by atoms with Crippen LogP contribution in [0.5, 0.6) is 0 Å². The van der Waals surface area contributed by atoms with Gasteiger partial charge in [-0.1, -0.05) is 6.42 Å². The van der Waals surface area contributed by atoms with E-state index in [1.165, 1.54) is 6.42 Å². The lowest BCUT2D eigenvalue weighted by Crippen LogP contribution is -2.59. The number of urea groups is 1. The first-order valence-corrected chi connectivity index (χ1v) is 7.33. The summed E-state index contributed by atoms with van der Waals surface area (Å²) in [4.78, 5) is 25.2. The molecule has 2 aliphatic rings. The second-order valence-electron chi connectivity index (χ2n) is 6.45. The van der Waals surface area contributed by atoms with Gasteiger partial charge in [0.15, 0.2) is 0 Å². The Bertz CT molecular complexity index is 387. The molecule has 6 nitrogen and oxygen atoms in total. The summed E-state index contributed by atoms with van der Waals surface area (Å²) in [6, 6.07) is -0.259. The number of carbonyl (C=O) groups is 2. The van der Waals surface area contributed by atoms with E-state index < -0.39 is 11.4 Å².